The lowest BCUT2D eigenvalue weighted by atomic mass is 10.0. The molecule has 0 amide bonds. The number of hydrogen-bond donors (Lipinski definition) is 1. The second-order valence-corrected chi connectivity index (χ2v) is 6.60. The Hall–Kier alpha value is -1.24. The van der Waals surface area contributed by atoms with Crippen LogP contribution in [0.4, 0.5) is 5.82 Å². The fraction of sp³-hybridized carbons (Fsp3) is 0.438. The van der Waals surface area contributed by atoms with E-state index < -0.39 is 0 Å². The van der Waals surface area contributed by atoms with Crippen LogP contribution in [-0.4, -0.2) is 22.0 Å². The van der Waals surface area contributed by atoms with E-state index in [0.717, 1.165) is 26.3 Å². The van der Waals surface area contributed by atoms with E-state index in [0.29, 0.717) is 5.92 Å². The van der Waals surface area contributed by atoms with E-state index in [4.69, 9.17) is 9.97 Å². The van der Waals surface area contributed by atoms with E-state index in [1.165, 1.54) is 31.4 Å². The minimum Gasteiger partial charge on any atom is -0.372 e. The molecule has 0 saturated heterocycles. The first-order chi connectivity index (χ1) is 10.2. The van der Waals surface area contributed by atoms with Crippen LogP contribution >= 0.6 is 22.6 Å². The first-order valence-electron chi connectivity index (χ1n) is 7.37. The Morgan fingerprint density at radius 1 is 1.24 bits per heavy atom. The number of halogens is 1. The SMILES string of the molecule is CNc1nc(-c2ccncc2C)nc(C2CCCC2)c1I. The van der Waals surface area contributed by atoms with Gasteiger partial charge in [-0.2, -0.15) is 0 Å². The van der Waals surface area contributed by atoms with Gasteiger partial charge in [-0.25, -0.2) is 9.97 Å². The maximum Gasteiger partial charge on any atom is 0.162 e. The molecule has 0 radical (unpaired) electrons. The van der Waals surface area contributed by atoms with E-state index in [-0.39, 0.29) is 0 Å². The van der Waals surface area contributed by atoms with E-state index in [1.54, 1.807) is 6.20 Å². The molecule has 0 aliphatic heterocycles. The molecule has 1 saturated carbocycles. The van der Waals surface area contributed by atoms with Crippen LogP contribution in [0.3, 0.4) is 0 Å². The zero-order valence-corrected chi connectivity index (χ0v) is 14.5. The lowest BCUT2D eigenvalue weighted by Crippen LogP contribution is -2.08. The summed E-state index contributed by atoms with van der Waals surface area (Å²) in [6.45, 7) is 2.05. The Morgan fingerprint density at radius 2 is 2.00 bits per heavy atom. The van der Waals surface area contributed by atoms with E-state index in [9.17, 15) is 0 Å². The standard InChI is InChI=1S/C16H19IN4/c1-10-9-19-8-7-12(10)15-20-14(11-5-3-4-6-11)13(17)16(18-2)21-15/h7-9,11H,3-6H2,1-2H3,(H,18,20,21). The van der Waals surface area contributed by atoms with Gasteiger partial charge in [-0.1, -0.05) is 12.8 Å². The minimum atomic E-state index is 0.577. The molecule has 3 rings (SSSR count). The van der Waals surface area contributed by atoms with Crippen LogP contribution in [-0.2, 0) is 0 Å². The molecule has 110 valence electrons. The Labute approximate surface area is 139 Å². The van der Waals surface area contributed by atoms with Gasteiger partial charge < -0.3 is 5.32 Å². The summed E-state index contributed by atoms with van der Waals surface area (Å²) in [6, 6.07) is 2.00. The number of aryl methyl sites for hydroxylation is 1. The van der Waals surface area contributed by atoms with Gasteiger partial charge >= 0.3 is 0 Å². The monoisotopic (exact) mass is 394 g/mol. The van der Waals surface area contributed by atoms with Crippen LogP contribution < -0.4 is 5.32 Å². The number of hydrogen-bond acceptors (Lipinski definition) is 4. The zero-order chi connectivity index (χ0) is 14.8. The number of nitrogens with one attached hydrogen (secondary N) is 1. The van der Waals surface area contributed by atoms with Gasteiger partial charge in [-0.15, -0.1) is 0 Å². The third-order valence-corrected chi connectivity index (χ3v) is 5.18. The third kappa shape index (κ3) is 2.88. The highest BCUT2D eigenvalue weighted by Crippen LogP contribution is 2.38. The molecule has 0 atom stereocenters. The van der Waals surface area contributed by atoms with Crippen molar-refractivity contribution >= 4 is 28.4 Å². The summed E-state index contributed by atoms with van der Waals surface area (Å²) in [5, 5.41) is 3.21. The fourth-order valence-corrected chi connectivity index (χ4v) is 3.90. The molecule has 1 aliphatic carbocycles. The van der Waals surface area contributed by atoms with Gasteiger partial charge in [0.05, 0.1) is 9.26 Å². The maximum absolute atomic E-state index is 4.91. The van der Waals surface area contributed by atoms with Crippen molar-refractivity contribution in [2.45, 2.75) is 38.5 Å². The number of anilines is 1. The molecule has 0 bridgehead atoms. The highest BCUT2D eigenvalue weighted by atomic mass is 127. The van der Waals surface area contributed by atoms with Crippen LogP contribution in [0.15, 0.2) is 18.5 Å². The summed E-state index contributed by atoms with van der Waals surface area (Å²) in [7, 11) is 1.92. The Balaban J connectivity index is 2.13. The minimum absolute atomic E-state index is 0.577. The van der Waals surface area contributed by atoms with E-state index >= 15 is 0 Å². The fourth-order valence-electron chi connectivity index (χ4n) is 2.94. The van der Waals surface area contributed by atoms with Crippen molar-refractivity contribution < 1.29 is 0 Å². The highest BCUT2D eigenvalue weighted by molar-refractivity contribution is 14.1. The molecular weight excluding hydrogens is 375 g/mol. The number of rotatable bonds is 3. The molecule has 5 heteroatoms. The van der Waals surface area contributed by atoms with Gasteiger partial charge in [0.15, 0.2) is 5.82 Å². The summed E-state index contributed by atoms with van der Waals surface area (Å²) in [5.41, 5.74) is 3.38. The number of nitrogens with zero attached hydrogens (tertiary/aromatic N) is 3. The van der Waals surface area contributed by atoms with Gasteiger partial charge in [0.25, 0.3) is 0 Å². The summed E-state index contributed by atoms with van der Waals surface area (Å²) in [4.78, 5) is 13.8. The lowest BCUT2D eigenvalue weighted by molar-refractivity contribution is 0.691. The third-order valence-electron chi connectivity index (χ3n) is 4.12. The molecule has 0 spiro atoms. The van der Waals surface area contributed by atoms with Gasteiger partial charge in [0.1, 0.15) is 5.82 Å². The van der Waals surface area contributed by atoms with E-state index in [1.807, 2.05) is 19.3 Å². The summed E-state index contributed by atoms with van der Waals surface area (Å²) in [5.74, 6) is 2.31. The summed E-state index contributed by atoms with van der Waals surface area (Å²) < 4.78 is 1.16. The normalized spacial score (nSPS) is 15.4. The predicted octanol–water partition coefficient (Wildman–Crippen LogP) is 4.15. The smallest absolute Gasteiger partial charge is 0.162 e. The average Bonchev–Trinajstić information content (AvgIpc) is 3.02. The molecule has 0 unspecified atom stereocenters. The molecular formula is C16H19IN4. The first kappa shape index (κ1) is 14.7. The topological polar surface area (TPSA) is 50.7 Å². The Morgan fingerprint density at radius 3 is 2.67 bits per heavy atom. The second-order valence-electron chi connectivity index (χ2n) is 5.52. The molecule has 4 nitrogen and oxygen atoms in total. The van der Waals surface area contributed by atoms with Gasteiger partial charge in [-0.05, 0) is 54.0 Å². The lowest BCUT2D eigenvalue weighted by Gasteiger charge is -2.16. The van der Waals surface area contributed by atoms with Crippen LogP contribution in [0.5, 0.6) is 0 Å². The molecule has 1 aliphatic rings. The highest BCUT2D eigenvalue weighted by Gasteiger charge is 2.24. The van der Waals surface area contributed by atoms with Crippen molar-refractivity contribution in [3.05, 3.63) is 33.3 Å². The largest absolute Gasteiger partial charge is 0.372 e. The molecule has 2 heterocycles. The van der Waals surface area contributed by atoms with Crippen LogP contribution in [0.1, 0.15) is 42.9 Å². The Kier molecular flexibility index (Phi) is 4.37. The van der Waals surface area contributed by atoms with Crippen molar-refractivity contribution in [1.82, 2.24) is 15.0 Å². The molecule has 2 aromatic heterocycles. The molecule has 21 heavy (non-hydrogen) atoms. The second kappa shape index (κ2) is 6.25. The predicted molar refractivity (Wildman–Crippen MR) is 93.5 cm³/mol. The zero-order valence-electron chi connectivity index (χ0n) is 12.4. The van der Waals surface area contributed by atoms with Crippen molar-refractivity contribution in [3.63, 3.8) is 0 Å². The van der Waals surface area contributed by atoms with Crippen LogP contribution in [0.2, 0.25) is 0 Å². The van der Waals surface area contributed by atoms with Gasteiger partial charge in [0, 0.05) is 30.9 Å². The molecule has 1 fully saturated rings. The van der Waals surface area contributed by atoms with Gasteiger partial charge in [-0.3, -0.25) is 4.98 Å². The number of pyridine rings is 1. The van der Waals surface area contributed by atoms with Crippen molar-refractivity contribution in [1.29, 1.82) is 0 Å². The molecule has 1 N–H and O–H groups in total. The number of aromatic nitrogens is 3. The summed E-state index contributed by atoms with van der Waals surface area (Å²) in [6.07, 6.45) is 8.77. The van der Waals surface area contributed by atoms with Crippen molar-refractivity contribution in [2.75, 3.05) is 12.4 Å². The first-order valence-corrected chi connectivity index (χ1v) is 8.44. The van der Waals surface area contributed by atoms with E-state index in [2.05, 4.69) is 39.8 Å². The molecule has 2 aromatic rings. The van der Waals surface area contributed by atoms with Crippen LogP contribution in [0.25, 0.3) is 11.4 Å². The Bertz CT molecular complexity index is 651. The molecule has 0 aromatic carbocycles. The van der Waals surface area contributed by atoms with Gasteiger partial charge in [0.2, 0.25) is 0 Å². The van der Waals surface area contributed by atoms with Crippen molar-refractivity contribution in [3.8, 4) is 11.4 Å². The maximum atomic E-state index is 4.91. The average molecular weight is 394 g/mol. The van der Waals surface area contributed by atoms with Crippen LogP contribution in [0, 0.1) is 10.5 Å². The van der Waals surface area contributed by atoms with Crippen molar-refractivity contribution in [2.24, 2.45) is 0 Å². The quantitative estimate of drug-likeness (QED) is 0.795. The summed E-state index contributed by atoms with van der Waals surface area (Å²) >= 11 is 2.38.